The van der Waals surface area contributed by atoms with Crippen molar-refractivity contribution in [1.29, 1.82) is 0 Å². The van der Waals surface area contributed by atoms with Gasteiger partial charge in [0.05, 0.1) is 19.4 Å². The molecule has 0 bridgehead atoms. The highest BCUT2D eigenvalue weighted by molar-refractivity contribution is 6.39. The van der Waals surface area contributed by atoms with Crippen LogP contribution in [0.5, 0.6) is 11.5 Å². The van der Waals surface area contributed by atoms with Gasteiger partial charge in [0.15, 0.2) is 0 Å². The lowest BCUT2D eigenvalue weighted by Gasteiger charge is -2.18. The number of anilines is 1. The van der Waals surface area contributed by atoms with Gasteiger partial charge in [0, 0.05) is 19.2 Å². The molecule has 2 aromatic carbocycles. The fourth-order valence-corrected chi connectivity index (χ4v) is 3.10. The molecule has 0 aliphatic carbocycles. The van der Waals surface area contributed by atoms with E-state index in [2.05, 4.69) is 48.4 Å². The molecule has 0 aliphatic heterocycles. The third kappa shape index (κ3) is 7.89. The Morgan fingerprint density at radius 3 is 2.25 bits per heavy atom. The van der Waals surface area contributed by atoms with E-state index in [0.29, 0.717) is 23.8 Å². The fraction of sp³-hybridized carbons (Fsp3) is 0.440. The zero-order valence-corrected chi connectivity index (χ0v) is 19.6. The van der Waals surface area contributed by atoms with Gasteiger partial charge in [-0.3, -0.25) is 14.5 Å². The van der Waals surface area contributed by atoms with E-state index in [1.165, 1.54) is 5.56 Å². The van der Waals surface area contributed by atoms with Gasteiger partial charge in [-0.05, 0) is 42.8 Å². The largest absolute Gasteiger partial charge is 0.497 e. The van der Waals surface area contributed by atoms with Crippen molar-refractivity contribution < 1.29 is 19.1 Å². The number of rotatable bonds is 12. The molecule has 0 saturated carbocycles. The lowest BCUT2D eigenvalue weighted by molar-refractivity contribution is -0.136. The van der Waals surface area contributed by atoms with Crippen molar-refractivity contribution in [3.05, 3.63) is 53.6 Å². The first-order valence-electron chi connectivity index (χ1n) is 11.2. The zero-order valence-electron chi connectivity index (χ0n) is 19.6. The van der Waals surface area contributed by atoms with E-state index in [9.17, 15) is 9.59 Å². The van der Waals surface area contributed by atoms with E-state index in [-0.39, 0.29) is 6.54 Å². The van der Waals surface area contributed by atoms with Gasteiger partial charge in [0.25, 0.3) is 0 Å². The Labute approximate surface area is 191 Å². The summed E-state index contributed by atoms with van der Waals surface area (Å²) in [5.41, 5.74) is 2.55. The zero-order chi connectivity index (χ0) is 23.3. The molecule has 7 heteroatoms. The van der Waals surface area contributed by atoms with Crippen LogP contribution in [0.25, 0.3) is 0 Å². The number of hydrogen-bond acceptors (Lipinski definition) is 5. The number of benzene rings is 2. The fourth-order valence-electron chi connectivity index (χ4n) is 3.10. The maximum Gasteiger partial charge on any atom is 0.313 e. The molecule has 0 heterocycles. The number of methoxy groups -OCH3 is 1. The van der Waals surface area contributed by atoms with Gasteiger partial charge < -0.3 is 20.1 Å². The summed E-state index contributed by atoms with van der Waals surface area (Å²) in [7, 11) is 1.54. The van der Waals surface area contributed by atoms with Crippen LogP contribution in [0.3, 0.4) is 0 Å². The van der Waals surface area contributed by atoms with Gasteiger partial charge in [0.1, 0.15) is 11.5 Å². The summed E-state index contributed by atoms with van der Waals surface area (Å²) in [6, 6.07) is 13.2. The lowest BCUT2D eigenvalue weighted by atomic mass is 10.1. The molecule has 0 atom stereocenters. The molecule has 0 saturated heterocycles. The second-order valence-corrected chi connectivity index (χ2v) is 7.48. The highest BCUT2D eigenvalue weighted by atomic mass is 16.5. The van der Waals surface area contributed by atoms with Crippen LogP contribution in [0.2, 0.25) is 0 Å². The van der Waals surface area contributed by atoms with E-state index in [4.69, 9.17) is 9.47 Å². The summed E-state index contributed by atoms with van der Waals surface area (Å²) in [5, 5.41) is 5.30. The smallest absolute Gasteiger partial charge is 0.313 e. The maximum absolute atomic E-state index is 12.4. The number of carbonyl (C=O) groups excluding carboxylic acids is 2. The molecular formula is C25H35N3O4. The molecule has 0 aromatic heterocycles. The summed E-state index contributed by atoms with van der Waals surface area (Å²) < 4.78 is 11.0. The molecule has 174 valence electrons. The topological polar surface area (TPSA) is 79.9 Å². The van der Waals surface area contributed by atoms with Gasteiger partial charge >= 0.3 is 11.8 Å². The second kappa shape index (κ2) is 13.4. The lowest BCUT2D eigenvalue weighted by Crippen LogP contribution is -2.35. The molecule has 0 spiro atoms. The van der Waals surface area contributed by atoms with E-state index in [1.54, 1.807) is 25.3 Å². The number of hydrogen-bond donors (Lipinski definition) is 2. The second-order valence-electron chi connectivity index (χ2n) is 7.48. The van der Waals surface area contributed by atoms with Crippen LogP contribution < -0.4 is 20.1 Å². The van der Waals surface area contributed by atoms with Crippen LogP contribution >= 0.6 is 0 Å². The summed E-state index contributed by atoms with van der Waals surface area (Å²) >= 11 is 0. The van der Waals surface area contributed by atoms with Crippen LogP contribution in [0.4, 0.5) is 5.69 Å². The van der Waals surface area contributed by atoms with Crippen molar-refractivity contribution >= 4 is 17.5 Å². The Kier molecular flexibility index (Phi) is 10.5. The van der Waals surface area contributed by atoms with Crippen molar-refractivity contribution in [2.24, 2.45) is 0 Å². The Morgan fingerprint density at radius 1 is 0.938 bits per heavy atom. The number of amides is 2. The molecule has 32 heavy (non-hydrogen) atoms. The van der Waals surface area contributed by atoms with E-state index in [0.717, 1.165) is 38.0 Å². The van der Waals surface area contributed by atoms with Gasteiger partial charge in [0.2, 0.25) is 0 Å². The Morgan fingerprint density at radius 2 is 1.62 bits per heavy atom. The van der Waals surface area contributed by atoms with Crippen LogP contribution in [0.1, 0.15) is 44.7 Å². The van der Waals surface area contributed by atoms with E-state index < -0.39 is 11.8 Å². The minimum Gasteiger partial charge on any atom is -0.497 e. The first kappa shape index (κ1) is 25.2. The molecule has 7 nitrogen and oxygen atoms in total. The molecule has 0 fully saturated rings. The number of ether oxygens (including phenoxy) is 2. The van der Waals surface area contributed by atoms with Crippen molar-refractivity contribution in [3.63, 3.8) is 0 Å². The molecule has 0 unspecified atom stereocenters. The predicted octanol–water partition coefficient (Wildman–Crippen LogP) is 3.97. The average molecular weight is 442 g/mol. The molecule has 0 radical (unpaired) electrons. The number of unbranched alkanes of at least 4 members (excludes halogenated alkanes) is 1. The number of nitrogens with zero attached hydrogens (tertiary/aromatic N) is 1. The average Bonchev–Trinajstić information content (AvgIpc) is 2.82. The first-order chi connectivity index (χ1) is 15.5. The minimum atomic E-state index is -0.753. The van der Waals surface area contributed by atoms with Gasteiger partial charge in [-0.2, -0.15) is 0 Å². The van der Waals surface area contributed by atoms with Crippen molar-refractivity contribution in [3.8, 4) is 11.5 Å². The monoisotopic (exact) mass is 441 g/mol. The van der Waals surface area contributed by atoms with Gasteiger partial charge in [-0.1, -0.05) is 51.5 Å². The standard InChI is InChI=1S/C25H35N3O4/c1-5-8-15-32-23-14-13-21(31-4)16-22(23)27-25(30)24(29)26-17-19-9-11-20(12-10-19)18-28(6-2)7-3/h9-14,16H,5-8,15,17-18H2,1-4H3,(H,26,29)(H,27,30). The summed E-state index contributed by atoms with van der Waals surface area (Å²) in [6.45, 7) is 10.1. The highest BCUT2D eigenvalue weighted by Crippen LogP contribution is 2.29. The third-order valence-corrected chi connectivity index (χ3v) is 5.17. The molecule has 2 rings (SSSR count). The van der Waals surface area contributed by atoms with Crippen molar-refractivity contribution in [2.75, 3.05) is 32.1 Å². The van der Waals surface area contributed by atoms with Crippen LogP contribution in [0, 0.1) is 0 Å². The minimum absolute atomic E-state index is 0.274. The molecule has 2 amide bonds. The van der Waals surface area contributed by atoms with E-state index >= 15 is 0 Å². The van der Waals surface area contributed by atoms with Crippen LogP contribution in [0.15, 0.2) is 42.5 Å². The van der Waals surface area contributed by atoms with Crippen molar-refractivity contribution in [1.82, 2.24) is 10.2 Å². The van der Waals surface area contributed by atoms with Gasteiger partial charge in [-0.25, -0.2) is 0 Å². The summed E-state index contributed by atoms with van der Waals surface area (Å²) in [5.74, 6) is -0.395. The number of carbonyl (C=O) groups is 2. The van der Waals surface area contributed by atoms with Gasteiger partial charge in [-0.15, -0.1) is 0 Å². The molecule has 0 aliphatic rings. The molecular weight excluding hydrogens is 406 g/mol. The van der Waals surface area contributed by atoms with E-state index in [1.807, 2.05) is 12.1 Å². The van der Waals surface area contributed by atoms with Crippen LogP contribution in [-0.2, 0) is 22.7 Å². The summed E-state index contributed by atoms with van der Waals surface area (Å²) in [4.78, 5) is 27.1. The summed E-state index contributed by atoms with van der Waals surface area (Å²) in [6.07, 6.45) is 1.89. The normalized spacial score (nSPS) is 10.7. The van der Waals surface area contributed by atoms with Crippen LogP contribution in [-0.4, -0.2) is 43.5 Å². The first-order valence-corrected chi connectivity index (χ1v) is 11.2. The molecule has 2 N–H and O–H groups in total. The Bertz CT molecular complexity index is 864. The predicted molar refractivity (Wildman–Crippen MR) is 127 cm³/mol. The maximum atomic E-state index is 12.4. The quantitative estimate of drug-likeness (QED) is 0.385. The number of nitrogens with one attached hydrogen (secondary N) is 2. The Balaban J connectivity index is 1.93. The molecule has 2 aromatic rings. The Hall–Kier alpha value is -3.06. The third-order valence-electron chi connectivity index (χ3n) is 5.17. The SMILES string of the molecule is CCCCOc1ccc(OC)cc1NC(=O)C(=O)NCc1ccc(CN(CC)CC)cc1. The highest BCUT2D eigenvalue weighted by Gasteiger charge is 2.16. The van der Waals surface area contributed by atoms with Crippen molar-refractivity contribution in [2.45, 2.75) is 46.7 Å².